The minimum Gasteiger partial charge on any atom is -0.493 e. The molecular weight excluding hydrogens is 404 g/mol. The SMILES string of the molecule is COc1cc(C(=O)N(C/C(C)=C/c2ccccc2)CC2CCCN2C)cc(OC)c1OC. The minimum absolute atomic E-state index is 0.0506. The number of likely N-dealkylation sites (N-methyl/N-ethyl adjacent to an activating group) is 1. The molecule has 0 bridgehead atoms. The zero-order chi connectivity index (χ0) is 23.1. The Hall–Kier alpha value is -2.99. The van der Waals surface area contributed by atoms with Crippen LogP contribution < -0.4 is 14.2 Å². The van der Waals surface area contributed by atoms with E-state index in [9.17, 15) is 4.79 Å². The third kappa shape index (κ3) is 5.62. The Balaban J connectivity index is 1.91. The zero-order valence-electron chi connectivity index (χ0n) is 19.8. The van der Waals surface area contributed by atoms with Crippen molar-refractivity contribution in [1.82, 2.24) is 9.80 Å². The van der Waals surface area contributed by atoms with Crippen molar-refractivity contribution in [3.05, 3.63) is 59.2 Å². The molecule has 0 aliphatic carbocycles. The number of amides is 1. The van der Waals surface area contributed by atoms with Gasteiger partial charge >= 0.3 is 0 Å². The van der Waals surface area contributed by atoms with Crippen molar-refractivity contribution < 1.29 is 19.0 Å². The first-order valence-corrected chi connectivity index (χ1v) is 11.0. The van der Waals surface area contributed by atoms with Gasteiger partial charge in [0.05, 0.1) is 21.3 Å². The quantitative estimate of drug-likeness (QED) is 0.583. The molecule has 0 spiro atoms. The number of carbonyl (C=O) groups excluding carboxylic acids is 1. The van der Waals surface area contributed by atoms with Crippen molar-refractivity contribution in [2.75, 3.05) is 48.0 Å². The fourth-order valence-corrected chi connectivity index (χ4v) is 4.25. The molecule has 0 saturated carbocycles. The summed E-state index contributed by atoms with van der Waals surface area (Å²) in [7, 11) is 6.81. The van der Waals surface area contributed by atoms with Crippen molar-refractivity contribution in [2.24, 2.45) is 0 Å². The average Bonchev–Trinajstić information content (AvgIpc) is 3.21. The molecule has 1 heterocycles. The fourth-order valence-electron chi connectivity index (χ4n) is 4.25. The second-order valence-corrected chi connectivity index (χ2v) is 8.28. The van der Waals surface area contributed by atoms with Crippen LogP contribution in [0.2, 0.25) is 0 Å². The molecule has 1 saturated heterocycles. The lowest BCUT2D eigenvalue weighted by atomic mass is 10.1. The Kier molecular flexibility index (Phi) is 8.17. The van der Waals surface area contributed by atoms with Gasteiger partial charge in [-0.1, -0.05) is 42.0 Å². The van der Waals surface area contributed by atoms with E-state index < -0.39 is 0 Å². The number of benzene rings is 2. The molecule has 2 aromatic carbocycles. The first-order chi connectivity index (χ1) is 15.5. The molecule has 172 valence electrons. The molecule has 2 aromatic rings. The highest BCUT2D eigenvalue weighted by Gasteiger charge is 2.27. The summed E-state index contributed by atoms with van der Waals surface area (Å²) in [6.07, 6.45) is 4.39. The summed E-state index contributed by atoms with van der Waals surface area (Å²) in [4.78, 5) is 18.0. The summed E-state index contributed by atoms with van der Waals surface area (Å²) in [5, 5.41) is 0. The summed E-state index contributed by atoms with van der Waals surface area (Å²) < 4.78 is 16.3. The summed E-state index contributed by atoms with van der Waals surface area (Å²) >= 11 is 0. The van der Waals surface area contributed by atoms with Crippen molar-refractivity contribution >= 4 is 12.0 Å². The van der Waals surface area contributed by atoms with Gasteiger partial charge in [0.2, 0.25) is 5.75 Å². The highest BCUT2D eigenvalue weighted by molar-refractivity contribution is 5.96. The number of ether oxygens (including phenoxy) is 3. The summed E-state index contributed by atoms with van der Waals surface area (Å²) in [6.45, 7) is 4.36. The molecule has 1 amide bonds. The van der Waals surface area contributed by atoms with Crippen LogP contribution in [-0.2, 0) is 0 Å². The van der Waals surface area contributed by atoms with Crippen molar-refractivity contribution in [3.63, 3.8) is 0 Å². The van der Waals surface area contributed by atoms with Gasteiger partial charge in [0, 0.05) is 24.7 Å². The van der Waals surface area contributed by atoms with E-state index in [0.717, 1.165) is 30.5 Å². The lowest BCUT2D eigenvalue weighted by molar-refractivity contribution is 0.0731. The van der Waals surface area contributed by atoms with E-state index in [-0.39, 0.29) is 5.91 Å². The number of likely N-dealkylation sites (tertiary alicyclic amines) is 1. The van der Waals surface area contributed by atoms with Crippen LogP contribution in [-0.4, -0.2) is 69.8 Å². The van der Waals surface area contributed by atoms with E-state index in [0.29, 0.717) is 41.9 Å². The van der Waals surface area contributed by atoms with Gasteiger partial charge in [0.25, 0.3) is 5.91 Å². The monoisotopic (exact) mass is 438 g/mol. The van der Waals surface area contributed by atoms with Crippen LogP contribution in [0.3, 0.4) is 0 Å². The van der Waals surface area contributed by atoms with Crippen LogP contribution in [0.4, 0.5) is 0 Å². The zero-order valence-corrected chi connectivity index (χ0v) is 19.8. The normalized spacial score (nSPS) is 16.7. The third-order valence-electron chi connectivity index (χ3n) is 5.95. The van der Waals surface area contributed by atoms with Crippen LogP contribution in [0, 0.1) is 0 Å². The fraction of sp³-hybridized carbons (Fsp3) is 0.423. The minimum atomic E-state index is -0.0506. The average molecular weight is 439 g/mol. The topological polar surface area (TPSA) is 51.2 Å². The Bertz CT molecular complexity index is 917. The van der Waals surface area contributed by atoms with Crippen molar-refractivity contribution in [3.8, 4) is 17.2 Å². The van der Waals surface area contributed by atoms with Gasteiger partial charge in [-0.3, -0.25) is 4.79 Å². The Morgan fingerprint density at radius 2 is 1.75 bits per heavy atom. The molecule has 0 radical (unpaired) electrons. The Morgan fingerprint density at radius 3 is 2.28 bits per heavy atom. The van der Waals surface area contributed by atoms with Crippen LogP contribution in [0.25, 0.3) is 6.08 Å². The second kappa shape index (κ2) is 11.0. The molecule has 1 aliphatic heterocycles. The predicted molar refractivity (Wildman–Crippen MR) is 128 cm³/mol. The van der Waals surface area contributed by atoms with Gasteiger partial charge in [0.1, 0.15) is 0 Å². The lowest BCUT2D eigenvalue weighted by Gasteiger charge is -2.30. The van der Waals surface area contributed by atoms with Gasteiger partial charge in [-0.2, -0.15) is 0 Å². The van der Waals surface area contributed by atoms with Crippen molar-refractivity contribution in [2.45, 2.75) is 25.8 Å². The molecule has 0 aromatic heterocycles. The van der Waals surface area contributed by atoms with Gasteiger partial charge in [-0.05, 0) is 51.1 Å². The van der Waals surface area contributed by atoms with Gasteiger partial charge in [0.15, 0.2) is 11.5 Å². The number of methoxy groups -OCH3 is 3. The van der Waals surface area contributed by atoms with E-state index in [1.807, 2.05) is 23.1 Å². The highest BCUT2D eigenvalue weighted by atomic mass is 16.5. The maximum atomic E-state index is 13.7. The Labute approximate surface area is 191 Å². The van der Waals surface area contributed by atoms with E-state index in [1.165, 1.54) is 0 Å². The molecule has 1 unspecified atom stereocenters. The van der Waals surface area contributed by atoms with Crippen molar-refractivity contribution in [1.29, 1.82) is 0 Å². The molecule has 1 aliphatic rings. The largest absolute Gasteiger partial charge is 0.493 e. The number of carbonyl (C=O) groups is 1. The lowest BCUT2D eigenvalue weighted by Crippen LogP contribution is -2.42. The third-order valence-corrected chi connectivity index (χ3v) is 5.95. The first-order valence-electron chi connectivity index (χ1n) is 11.0. The molecule has 6 nitrogen and oxygen atoms in total. The second-order valence-electron chi connectivity index (χ2n) is 8.28. The number of hydrogen-bond acceptors (Lipinski definition) is 5. The summed E-state index contributed by atoms with van der Waals surface area (Å²) in [6, 6.07) is 14.0. The molecule has 1 atom stereocenters. The molecule has 32 heavy (non-hydrogen) atoms. The van der Waals surface area contributed by atoms with Crippen LogP contribution in [0.15, 0.2) is 48.0 Å². The standard InChI is InChI=1S/C26H34N2O4/c1-19(14-20-10-7-6-8-11-20)17-28(18-22-12-9-13-27(22)2)26(29)21-15-23(30-3)25(32-5)24(16-21)31-4/h6-8,10-11,14-16,22H,9,12-13,17-18H2,1-5H3/b19-14+. The smallest absolute Gasteiger partial charge is 0.254 e. The van der Waals surface area contributed by atoms with Crippen LogP contribution >= 0.6 is 0 Å². The molecule has 0 N–H and O–H groups in total. The predicted octanol–water partition coefficient (Wildman–Crippen LogP) is 4.35. The van der Waals surface area contributed by atoms with Gasteiger partial charge < -0.3 is 24.0 Å². The summed E-state index contributed by atoms with van der Waals surface area (Å²) in [5.74, 6) is 1.38. The highest BCUT2D eigenvalue weighted by Crippen LogP contribution is 2.38. The van der Waals surface area contributed by atoms with Gasteiger partial charge in [-0.15, -0.1) is 0 Å². The number of nitrogens with zero attached hydrogens (tertiary/aromatic N) is 2. The number of hydrogen-bond donors (Lipinski definition) is 0. The van der Waals surface area contributed by atoms with E-state index in [4.69, 9.17) is 14.2 Å². The van der Waals surface area contributed by atoms with E-state index >= 15 is 0 Å². The van der Waals surface area contributed by atoms with Gasteiger partial charge in [-0.25, -0.2) is 0 Å². The maximum Gasteiger partial charge on any atom is 0.254 e. The van der Waals surface area contributed by atoms with E-state index in [2.05, 4.69) is 37.1 Å². The van der Waals surface area contributed by atoms with Crippen LogP contribution in [0.1, 0.15) is 35.7 Å². The first kappa shape index (κ1) is 23.7. The van der Waals surface area contributed by atoms with E-state index in [1.54, 1.807) is 33.5 Å². The number of rotatable bonds is 9. The molecular formula is C26H34N2O4. The Morgan fingerprint density at radius 1 is 1.09 bits per heavy atom. The van der Waals surface area contributed by atoms with Crippen LogP contribution in [0.5, 0.6) is 17.2 Å². The molecule has 6 heteroatoms. The molecule has 1 fully saturated rings. The summed E-state index contributed by atoms with van der Waals surface area (Å²) in [5.41, 5.74) is 2.77. The maximum absolute atomic E-state index is 13.7. The molecule has 3 rings (SSSR count).